The molecule has 6 heteroatoms. The molecule has 0 spiro atoms. The second-order valence-corrected chi connectivity index (χ2v) is 5.12. The molecule has 0 fully saturated rings. The van der Waals surface area contributed by atoms with E-state index in [0.717, 1.165) is 0 Å². The fraction of sp³-hybridized carbons (Fsp3) is 0.444. The lowest BCUT2D eigenvalue weighted by molar-refractivity contribution is -0.134. The zero-order valence-electron chi connectivity index (χ0n) is 8.21. The van der Waals surface area contributed by atoms with Crippen molar-refractivity contribution in [1.29, 1.82) is 0 Å². The van der Waals surface area contributed by atoms with E-state index >= 15 is 0 Å². The molecule has 0 amide bonds. The summed E-state index contributed by atoms with van der Waals surface area (Å²) in [6.45, 7) is 0. The number of ether oxygens (including phenoxy) is 1. The molecule has 0 aromatic rings. The Labute approximate surface area is 88.0 Å². The van der Waals surface area contributed by atoms with Crippen molar-refractivity contribution < 1.29 is 23.1 Å². The predicted molar refractivity (Wildman–Crippen MR) is 54.1 cm³/mol. The van der Waals surface area contributed by atoms with Crippen LogP contribution >= 0.6 is 0 Å². The largest absolute Gasteiger partial charge is 0.480 e. The minimum absolute atomic E-state index is 0.0167. The highest BCUT2D eigenvalue weighted by Gasteiger charge is 2.22. The molecular formula is C9H12O5S. The van der Waals surface area contributed by atoms with Crippen molar-refractivity contribution in [1.82, 2.24) is 0 Å². The highest BCUT2D eigenvalue weighted by Crippen LogP contribution is 2.18. The van der Waals surface area contributed by atoms with Crippen LogP contribution in [-0.2, 0) is 19.4 Å². The first-order chi connectivity index (χ1) is 6.95. The Morgan fingerprint density at radius 1 is 1.67 bits per heavy atom. The first kappa shape index (κ1) is 11.9. The minimum Gasteiger partial charge on any atom is -0.480 e. The number of carboxylic acid groups (broad SMARTS) is 1. The Kier molecular flexibility index (Phi) is 3.65. The van der Waals surface area contributed by atoms with Crippen molar-refractivity contribution >= 4 is 15.8 Å². The molecule has 0 aliphatic heterocycles. The average molecular weight is 232 g/mol. The smallest absolute Gasteiger partial charge is 0.319 e. The number of sulfone groups is 1. The average Bonchev–Trinajstić information content (AvgIpc) is 2.16. The number of carboxylic acids is 1. The van der Waals surface area contributed by atoms with E-state index in [9.17, 15) is 13.2 Å². The van der Waals surface area contributed by atoms with Gasteiger partial charge in [0.2, 0.25) is 0 Å². The van der Waals surface area contributed by atoms with E-state index in [-0.39, 0.29) is 11.0 Å². The second-order valence-electron chi connectivity index (χ2n) is 3.13. The lowest BCUT2D eigenvalue weighted by atomic mass is 10.1. The highest BCUT2D eigenvalue weighted by molar-refractivity contribution is 7.96. The topological polar surface area (TPSA) is 80.7 Å². The van der Waals surface area contributed by atoms with Crippen molar-refractivity contribution in [3.63, 3.8) is 0 Å². The summed E-state index contributed by atoms with van der Waals surface area (Å²) in [6, 6.07) is 0. The van der Waals surface area contributed by atoms with Crippen LogP contribution in [0.3, 0.4) is 0 Å². The van der Waals surface area contributed by atoms with E-state index in [4.69, 9.17) is 9.84 Å². The molecule has 0 aromatic carbocycles. The third-order valence-corrected chi connectivity index (χ3v) is 3.59. The van der Waals surface area contributed by atoms with E-state index in [1.807, 2.05) is 0 Å². The lowest BCUT2D eigenvalue weighted by Crippen LogP contribution is -2.19. The molecule has 1 aliphatic carbocycles. The van der Waals surface area contributed by atoms with Gasteiger partial charge in [0.05, 0.1) is 11.0 Å². The molecule has 1 N–H and O–H groups in total. The Morgan fingerprint density at radius 3 is 2.87 bits per heavy atom. The summed E-state index contributed by atoms with van der Waals surface area (Å²) < 4.78 is 28.0. The van der Waals surface area contributed by atoms with Gasteiger partial charge in [-0.2, -0.15) is 0 Å². The van der Waals surface area contributed by atoms with Gasteiger partial charge in [0.25, 0.3) is 0 Å². The standard InChI is InChI=1S/C9H12O5S/c1-14-7-3-2-4-8(5-7)15(12,13)6-9(10)11/h2,4-5,7H,3,6H2,1H3,(H,10,11). The Hall–Kier alpha value is -1.14. The number of hydrogen-bond donors (Lipinski definition) is 1. The zero-order chi connectivity index (χ0) is 11.5. The molecule has 0 aromatic heterocycles. The third kappa shape index (κ3) is 3.17. The summed E-state index contributed by atoms with van der Waals surface area (Å²) in [6.07, 6.45) is 4.80. The number of rotatable bonds is 4. The first-order valence-electron chi connectivity index (χ1n) is 4.31. The summed E-state index contributed by atoms with van der Waals surface area (Å²) in [7, 11) is -2.26. The Morgan fingerprint density at radius 2 is 2.33 bits per heavy atom. The van der Waals surface area contributed by atoms with Crippen LogP contribution in [0.25, 0.3) is 0 Å². The van der Waals surface area contributed by atoms with Crippen molar-refractivity contribution in [3.05, 3.63) is 23.1 Å². The number of methoxy groups -OCH3 is 1. The van der Waals surface area contributed by atoms with Crippen LogP contribution in [0.5, 0.6) is 0 Å². The van der Waals surface area contributed by atoms with E-state index in [1.165, 1.54) is 19.3 Å². The summed E-state index contributed by atoms with van der Waals surface area (Å²) in [5.74, 6) is -2.25. The van der Waals surface area contributed by atoms with Crippen molar-refractivity contribution in [2.75, 3.05) is 12.9 Å². The van der Waals surface area contributed by atoms with Crippen molar-refractivity contribution in [2.45, 2.75) is 12.5 Å². The van der Waals surface area contributed by atoms with Crippen LogP contribution in [0.15, 0.2) is 23.1 Å². The highest BCUT2D eigenvalue weighted by atomic mass is 32.2. The number of allylic oxidation sites excluding steroid dienone is 1. The summed E-state index contributed by atoms with van der Waals surface area (Å²) in [5, 5.41) is 8.44. The third-order valence-electron chi connectivity index (χ3n) is 1.98. The SMILES string of the molecule is COC1C=C(S(=O)(=O)CC(=O)O)C=CC1. The number of hydrogen-bond acceptors (Lipinski definition) is 4. The zero-order valence-corrected chi connectivity index (χ0v) is 9.03. The molecular weight excluding hydrogens is 220 g/mol. The second kappa shape index (κ2) is 4.59. The minimum atomic E-state index is -3.73. The fourth-order valence-electron chi connectivity index (χ4n) is 1.24. The quantitative estimate of drug-likeness (QED) is 0.756. The first-order valence-corrected chi connectivity index (χ1v) is 5.96. The monoisotopic (exact) mass is 232 g/mol. The van der Waals surface area contributed by atoms with Gasteiger partial charge in [-0.3, -0.25) is 4.79 Å². The molecule has 1 aliphatic rings. The van der Waals surface area contributed by atoms with Crippen LogP contribution in [0.4, 0.5) is 0 Å². The van der Waals surface area contributed by atoms with Crippen molar-refractivity contribution in [3.8, 4) is 0 Å². The molecule has 1 atom stereocenters. The van der Waals surface area contributed by atoms with E-state index in [2.05, 4.69) is 0 Å². The molecule has 0 saturated carbocycles. The maximum atomic E-state index is 11.5. The summed E-state index contributed by atoms with van der Waals surface area (Å²) in [4.78, 5) is 10.4. The van der Waals surface area contributed by atoms with Gasteiger partial charge < -0.3 is 9.84 Å². The van der Waals surface area contributed by atoms with Gasteiger partial charge in [0.15, 0.2) is 15.6 Å². The maximum Gasteiger partial charge on any atom is 0.319 e. The summed E-state index contributed by atoms with van der Waals surface area (Å²) in [5.41, 5.74) is 0. The number of carbonyl (C=O) groups is 1. The molecule has 15 heavy (non-hydrogen) atoms. The molecule has 0 heterocycles. The Bertz CT molecular complexity index is 404. The van der Waals surface area contributed by atoms with Crippen LogP contribution in [0.2, 0.25) is 0 Å². The van der Waals surface area contributed by atoms with E-state index < -0.39 is 21.6 Å². The van der Waals surface area contributed by atoms with Crippen LogP contribution < -0.4 is 0 Å². The molecule has 0 saturated heterocycles. The van der Waals surface area contributed by atoms with Crippen LogP contribution in [0.1, 0.15) is 6.42 Å². The summed E-state index contributed by atoms with van der Waals surface area (Å²) >= 11 is 0. The van der Waals surface area contributed by atoms with Gasteiger partial charge in [0.1, 0.15) is 0 Å². The molecule has 1 unspecified atom stereocenters. The maximum absolute atomic E-state index is 11.5. The Balaban J connectivity index is 2.92. The molecule has 0 radical (unpaired) electrons. The lowest BCUT2D eigenvalue weighted by Gasteiger charge is -2.14. The normalized spacial score (nSPS) is 21.1. The predicted octanol–water partition coefficient (Wildman–Crippen LogP) is 0.345. The van der Waals surface area contributed by atoms with E-state index in [1.54, 1.807) is 6.08 Å². The van der Waals surface area contributed by atoms with E-state index in [0.29, 0.717) is 6.42 Å². The van der Waals surface area contributed by atoms with Crippen LogP contribution in [-0.4, -0.2) is 38.5 Å². The van der Waals surface area contributed by atoms with Gasteiger partial charge in [-0.25, -0.2) is 8.42 Å². The molecule has 0 bridgehead atoms. The van der Waals surface area contributed by atoms with Crippen molar-refractivity contribution in [2.24, 2.45) is 0 Å². The molecule has 84 valence electrons. The fourth-order valence-corrected chi connectivity index (χ4v) is 2.40. The van der Waals surface area contributed by atoms with Gasteiger partial charge in [0, 0.05) is 7.11 Å². The van der Waals surface area contributed by atoms with Gasteiger partial charge in [-0.1, -0.05) is 6.08 Å². The van der Waals surface area contributed by atoms with Gasteiger partial charge in [-0.15, -0.1) is 0 Å². The van der Waals surface area contributed by atoms with Gasteiger partial charge >= 0.3 is 5.97 Å². The van der Waals surface area contributed by atoms with Gasteiger partial charge in [-0.05, 0) is 18.6 Å². The van der Waals surface area contributed by atoms with Crippen LogP contribution in [0, 0.1) is 0 Å². The molecule has 5 nitrogen and oxygen atoms in total. The number of aliphatic carboxylic acids is 1. The molecule has 1 rings (SSSR count).